The molecule has 0 aliphatic carbocycles. The third-order valence-corrected chi connectivity index (χ3v) is 4.17. The summed E-state index contributed by atoms with van der Waals surface area (Å²) in [7, 11) is 0. The molecule has 2 rings (SSSR count). The Hall–Kier alpha value is -1.31. The topological polar surface area (TPSA) is 12.0 Å². The van der Waals surface area contributed by atoms with Crippen LogP contribution in [0.3, 0.4) is 0 Å². The molecule has 1 atom stereocenters. The molecule has 1 nitrogen and oxygen atoms in total. The first-order valence-corrected chi connectivity index (χ1v) is 7.48. The van der Waals surface area contributed by atoms with Crippen molar-refractivity contribution in [1.82, 2.24) is 5.32 Å². The number of halogens is 1. The third-order valence-electron chi connectivity index (χ3n) is 3.77. The van der Waals surface area contributed by atoms with Crippen LogP contribution in [0.5, 0.6) is 0 Å². The first-order chi connectivity index (χ1) is 9.54. The van der Waals surface area contributed by atoms with Crippen LogP contribution in [-0.2, 0) is 0 Å². The second kappa shape index (κ2) is 6.43. The molecule has 2 aromatic carbocycles. The van der Waals surface area contributed by atoms with Gasteiger partial charge in [-0.25, -0.2) is 0 Å². The fraction of sp³-hybridized carbons (Fsp3) is 0.333. The summed E-state index contributed by atoms with van der Waals surface area (Å²) in [5.41, 5.74) is 6.31. The fourth-order valence-electron chi connectivity index (χ4n) is 2.62. The summed E-state index contributed by atoms with van der Waals surface area (Å²) in [5, 5.41) is 4.44. The van der Waals surface area contributed by atoms with Crippen LogP contribution in [0.2, 0.25) is 5.02 Å². The summed E-state index contributed by atoms with van der Waals surface area (Å²) in [5.74, 6) is 0. The first kappa shape index (κ1) is 15.1. The van der Waals surface area contributed by atoms with Gasteiger partial charge in [0.2, 0.25) is 0 Å². The van der Waals surface area contributed by atoms with E-state index in [1.807, 2.05) is 0 Å². The molecule has 0 aromatic heterocycles. The van der Waals surface area contributed by atoms with Gasteiger partial charge in [-0.3, -0.25) is 0 Å². The van der Waals surface area contributed by atoms with Crippen molar-refractivity contribution in [3.63, 3.8) is 0 Å². The Balaban J connectivity index is 2.54. The standard InChI is InChI=1S/C18H22ClN/c1-5-20-18(15-9-7-6-8-12(15)2)16-10-14(4)17(19)11-13(16)3/h6-11,18,20H,5H2,1-4H3. The van der Waals surface area contributed by atoms with Gasteiger partial charge < -0.3 is 5.32 Å². The van der Waals surface area contributed by atoms with Gasteiger partial charge in [-0.2, -0.15) is 0 Å². The van der Waals surface area contributed by atoms with Gasteiger partial charge in [-0.05, 0) is 61.2 Å². The number of nitrogens with one attached hydrogen (secondary N) is 1. The molecule has 1 unspecified atom stereocenters. The molecule has 0 aliphatic rings. The minimum absolute atomic E-state index is 0.220. The predicted molar refractivity (Wildman–Crippen MR) is 87.6 cm³/mol. The molecule has 1 N–H and O–H groups in total. The fourth-order valence-corrected chi connectivity index (χ4v) is 2.83. The molecule has 0 bridgehead atoms. The summed E-state index contributed by atoms with van der Waals surface area (Å²) < 4.78 is 0. The minimum atomic E-state index is 0.220. The third kappa shape index (κ3) is 3.05. The normalized spacial score (nSPS) is 12.4. The molecule has 0 spiro atoms. The Kier molecular flexibility index (Phi) is 4.85. The molecule has 0 saturated heterocycles. The molecule has 0 amide bonds. The average molecular weight is 288 g/mol. The molecule has 0 heterocycles. The van der Waals surface area contributed by atoms with Gasteiger partial charge in [0.15, 0.2) is 0 Å². The smallest absolute Gasteiger partial charge is 0.0581 e. The van der Waals surface area contributed by atoms with E-state index in [9.17, 15) is 0 Å². The maximum absolute atomic E-state index is 6.22. The highest BCUT2D eigenvalue weighted by molar-refractivity contribution is 6.31. The summed E-state index contributed by atoms with van der Waals surface area (Å²) in [6, 6.07) is 13.0. The molecule has 0 saturated carbocycles. The van der Waals surface area contributed by atoms with Crippen molar-refractivity contribution in [2.45, 2.75) is 33.7 Å². The molecular formula is C18H22ClN. The monoisotopic (exact) mass is 287 g/mol. The number of rotatable bonds is 4. The highest BCUT2D eigenvalue weighted by atomic mass is 35.5. The van der Waals surface area contributed by atoms with E-state index < -0.39 is 0 Å². The Morgan fingerprint density at radius 2 is 1.65 bits per heavy atom. The van der Waals surface area contributed by atoms with Gasteiger partial charge in [0.05, 0.1) is 6.04 Å². The second-order valence-corrected chi connectivity index (χ2v) is 5.71. The zero-order valence-electron chi connectivity index (χ0n) is 12.6. The van der Waals surface area contributed by atoms with Crippen molar-refractivity contribution < 1.29 is 0 Å². The average Bonchev–Trinajstić information content (AvgIpc) is 2.42. The van der Waals surface area contributed by atoms with E-state index in [2.05, 4.69) is 69.4 Å². The van der Waals surface area contributed by atoms with E-state index in [1.165, 1.54) is 22.3 Å². The molecule has 106 valence electrons. The highest BCUT2D eigenvalue weighted by Crippen LogP contribution is 2.30. The van der Waals surface area contributed by atoms with E-state index in [0.29, 0.717) is 0 Å². The molecule has 0 radical (unpaired) electrons. The van der Waals surface area contributed by atoms with Gasteiger partial charge in [-0.15, -0.1) is 0 Å². The zero-order valence-corrected chi connectivity index (χ0v) is 13.4. The Labute approximate surface area is 127 Å². The van der Waals surface area contributed by atoms with Gasteiger partial charge in [0.1, 0.15) is 0 Å². The predicted octanol–water partition coefficient (Wildman–Crippen LogP) is 4.96. The number of hydrogen-bond acceptors (Lipinski definition) is 1. The molecule has 0 fully saturated rings. The second-order valence-electron chi connectivity index (χ2n) is 5.31. The summed E-state index contributed by atoms with van der Waals surface area (Å²) in [6.07, 6.45) is 0. The lowest BCUT2D eigenvalue weighted by atomic mass is 9.91. The quantitative estimate of drug-likeness (QED) is 0.838. The van der Waals surface area contributed by atoms with Gasteiger partial charge in [0.25, 0.3) is 0 Å². The Bertz CT molecular complexity index is 604. The van der Waals surface area contributed by atoms with Crippen LogP contribution in [0, 0.1) is 20.8 Å². The van der Waals surface area contributed by atoms with Crippen molar-refractivity contribution in [3.8, 4) is 0 Å². The minimum Gasteiger partial charge on any atom is -0.307 e. The van der Waals surface area contributed by atoms with E-state index in [0.717, 1.165) is 17.1 Å². The van der Waals surface area contributed by atoms with E-state index in [-0.39, 0.29) is 6.04 Å². The van der Waals surface area contributed by atoms with E-state index in [4.69, 9.17) is 11.6 Å². The van der Waals surface area contributed by atoms with Crippen molar-refractivity contribution in [2.75, 3.05) is 6.54 Å². The lowest BCUT2D eigenvalue weighted by molar-refractivity contribution is 0.624. The SMILES string of the molecule is CCNC(c1ccccc1C)c1cc(C)c(Cl)cc1C. The van der Waals surface area contributed by atoms with Crippen molar-refractivity contribution in [2.24, 2.45) is 0 Å². The lowest BCUT2D eigenvalue weighted by Gasteiger charge is -2.23. The lowest BCUT2D eigenvalue weighted by Crippen LogP contribution is -2.23. The summed E-state index contributed by atoms with van der Waals surface area (Å²) in [6.45, 7) is 9.43. The van der Waals surface area contributed by atoms with Crippen molar-refractivity contribution in [1.29, 1.82) is 0 Å². The molecule has 0 aliphatic heterocycles. The molecular weight excluding hydrogens is 266 g/mol. The molecule has 2 heteroatoms. The maximum Gasteiger partial charge on any atom is 0.0581 e. The number of benzene rings is 2. The van der Waals surface area contributed by atoms with Crippen LogP contribution in [-0.4, -0.2) is 6.54 Å². The summed E-state index contributed by atoms with van der Waals surface area (Å²) in [4.78, 5) is 0. The summed E-state index contributed by atoms with van der Waals surface area (Å²) >= 11 is 6.22. The van der Waals surface area contributed by atoms with Crippen LogP contribution in [0.1, 0.15) is 40.8 Å². The van der Waals surface area contributed by atoms with Crippen LogP contribution < -0.4 is 5.32 Å². The van der Waals surface area contributed by atoms with Crippen LogP contribution in [0.25, 0.3) is 0 Å². The maximum atomic E-state index is 6.22. The number of hydrogen-bond donors (Lipinski definition) is 1. The van der Waals surface area contributed by atoms with Crippen molar-refractivity contribution >= 4 is 11.6 Å². The largest absolute Gasteiger partial charge is 0.307 e. The number of aryl methyl sites for hydroxylation is 3. The van der Waals surface area contributed by atoms with Gasteiger partial charge in [0, 0.05) is 5.02 Å². The molecule has 20 heavy (non-hydrogen) atoms. The van der Waals surface area contributed by atoms with Crippen LogP contribution in [0.15, 0.2) is 36.4 Å². The Morgan fingerprint density at radius 3 is 2.30 bits per heavy atom. The Morgan fingerprint density at radius 1 is 0.950 bits per heavy atom. The first-order valence-electron chi connectivity index (χ1n) is 7.10. The van der Waals surface area contributed by atoms with Crippen LogP contribution in [0.4, 0.5) is 0 Å². The highest BCUT2D eigenvalue weighted by Gasteiger charge is 2.17. The van der Waals surface area contributed by atoms with Gasteiger partial charge in [-0.1, -0.05) is 48.9 Å². The van der Waals surface area contributed by atoms with E-state index in [1.54, 1.807) is 0 Å². The van der Waals surface area contributed by atoms with E-state index >= 15 is 0 Å². The van der Waals surface area contributed by atoms with Crippen molar-refractivity contribution in [3.05, 3.63) is 69.2 Å². The van der Waals surface area contributed by atoms with Crippen LogP contribution >= 0.6 is 11.6 Å². The zero-order chi connectivity index (χ0) is 14.7. The molecule has 2 aromatic rings. The van der Waals surface area contributed by atoms with Gasteiger partial charge >= 0.3 is 0 Å².